The van der Waals surface area contributed by atoms with Crippen molar-refractivity contribution >= 4 is 133 Å². The zero-order chi connectivity index (χ0) is 70.2. The number of nitrogens with zero attached hydrogens (tertiary/aromatic N) is 1. The number of aromatic amines is 2. The molecule has 24 nitrogen and oxygen atoms in total. The molecule has 0 aliphatic heterocycles. The first-order chi connectivity index (χ1) is 44.9. The Kier molecular flexibility index (Phi) is 48.1. The molecule has 98 heavy (non-hydrogen) atoms. The number of nitrogens with one attached hydrogen (secondary N) is 3. The molecule has 0 aliphatic carbocycles. The van der Waals surface area contributed by atoms with Crippen LogP contribution >= 0.6 is 50.5 Å². The Bertz CT molecular complexity index is 3950. The van der Waals surface area contributed by atoms with E-state index in [1.54, 1.807) is 162 Å². The van der Waals surface area contributed by atoms with Gasteiger partial charge in [0.05, 0.1) is 96.8 Å². The molecular formula is C67H85BCl4FN5O19P. The van der Waals surface area contributed by atoms with Gasteiger partial charge < -0.3 is 73.1 Å². The van der Waals surface area contributed by atoms with Crippen LogP contribution in [0.1, 0.15) is 68.2 Å². The molecule has 0 saturated heterocycles. The molecule has 0 atom stereocenters. The van der Waals surface area contributed by atoms with Gasteiger partial charge in [-0.3, -0.25) is 23.8 Å². The van der Waals surface area contributed by atoms with E-state index >= 15 is 0 Å². The Labute approximate surface area is 591 Å². The number of benzene rings is 5. The van der Waals surface area contributed by atoms with E-state index in [0.29, 0.717) is 45.1 Å². The van der Waals surface area contributed by atoms with Gasteiger partial charge in [0, 0.05) is 98.6 Å². The highest BCUT2D eigenvalue weighted by atomic mass is 36.0. The predicted octanol–water partition coefficient (Wildman–Crippen LogP) is 14.7. The van der Waals surface area contributed by atoms with E-state index in [1.807, 2.05) is 36.4 Å². The van der Waals surface area contributed by atoms with Gasteiger partial charge in [-0.15, -0.1) is 0 Å². The second-order valence-electron chi connectivity index (χ2n) is 17.6. The number of carbonyl (C=O) groups excluding carboxylic acids is 5. The molecule has 5 aromatic carbocycles. The van der Waals surface area contributed by atoms with Crippen LogP contribution in [0.4, 0.5) is 16.1 Å². The van der Waals surface area contributed by atoms with Gasteiger partial charge in [0.15, 0.2) is 16.6 Å². The minimum absolute atomic E-state index is 0. The minimum Gasteiger partial charge on any atom is -0.500 e. The van der Waals surface area contributed by atoms with Gasteiger partial charge in [-0.05, 0) is 142 Å². The van der Waals surface area contributed by atoms with Gasteiger partial charge in [0.25, 0.3) is 0 Å². The number of methoxy groups -OCH3 is 5. The molecule has 5 N–H and O–H groups in total. The van der Waals surface area contributed by atoms with E-state index in [-0.39, 0.29) is 90.0 Å². The van der Waals surface area contributed by atoms with Crippen molar-refractivity contribution in [1.29, 1.82) is 0 Å². The second kappa shape index (κ2) is 50.9. The van der Waals surface area contributed by atoms with Crippen LogP contribution in [0.5, 0.6) is 28.7 Å². The number of H-pyrrole nitrogens is 2. The number of carbonyl (C=O) groups is 5. The molecule has 0 fully saturated rings. The molecular weight excluding hydrogens is 1380 g/mol. The monoisotopic (exact) mass is 1470 g/mol. The number of esters is 5. The lowest BCUT2D eigenvalue weighted by atomic mass is 10.1. The molecule has 0 unspecified atom stereocenters. The molecule has 8 aromatic rings. The van der Waals surface area contributed by atoms with Gasteiger partial charge in [0.1, 0.15) is 40.6 Å². The molecule has 535 valence electrons. The van der Waals surface area contributed by atoms with Crippen LogP contribution in [0.25, 0.3) is 32.7 Å². The Morgan fingerprint density at radius 3 is 1.47 bits per heavy atom. The van der Waals surface area contributed by atoms with Gasteiger partial charge in [0.2, 0.25) is 5.43 Å². The third kappa shape index (κ3) is 34.0. The number of ether oxygens (including phenoxy) is 11. The Morgan fingerprint density at radius 1 is 0.561 bits per heavy atom. The normalized spacial score (nSPS) is 9.46. The quantitative estimate of drug-likeness (QED) is 0.00672. The number of hydrogen-bond acceptors (Lipinski definition) is 22. The van der Waals surface area contributed by atoms with Crippen LogP contribution in [0.3, 0.4) is 0 Å². The first-order valence-electron chi connectivity index (χ1n) is 28.2. The number of nitrogens with two attached hydrogens (primary N) is 1. The van der Waals surface area contributed by atoms with Crippen LogP contribution in [0.2, 0.25) is 5.02 Å². The highest BCUT2D eigenvalue weighted by Crippen LogP contribution is 2.61. The average Bonchev–Trinajstić information content (AvgIpc) is 0.810. The molecule has 0 spiro atoms. The Morgan fingerprint density at radius 2 is 1.00 bits per heavy atom. The van der Waals surface area contributed by atoms with Crippen molar-refractivity contribution in [3.05, 3.63) is 188 Å². The number of rotatable bonds is 19. The maximum atomic E-state index is 12.1. The fourth-order valence-electron chi connectivity index (χ4n) is 7.08. The smallest absolute Gasteiger partial charge is 0.348 e. The van der Waals surface area contributed by atoms with Crippen molar-refractivity contribution in [3.63, 3.8) is 0 Å². The molecule has 0 bridgehead atoms. The summed E-state index contributed by atoms with van der Waals surface area (Å²) in [6.45, 7) is 11.4. The number of nitrogen functional groups attached to an aromatic ring is 1. The molecule has 3 heterocycles. The maximum absolute atomic E-state index is 12.1. The molecule has 8 rings (SSSR count). The fourth-order valence-corrected chi connectivity index (χ4v) is 7.30. The second-order valence-corrected chi connectivity index (χ2v) is 24.6. The summed E-state index contributed by atoms with van der Waals surface area (Å²) >= 11 is 19.8. The summed E-state index contributed by atoms with van der Waals surface area (Å²) in [6.07, 6.45) is 7.01. The third-order valence-corrected chi connectivity index (χ3v) is 11.7. The number of pyridine rings is 3. The molecule has 3 aromatic heterocycles. The van der Waals surface area contributed by atoms with Crippen LogP contribution in [0, 0.1) is 0 Å². The van der Waals surface area contributed by atoms with E-state index in [2.05, 4.69) is 63.5 Å². The summed E-state index contributed by atoms with van der Waals surface area (Å²) in [5, 5.41) is 2.41. The van der Waals surface area contributed by atoms with E-state index < -0.39 is 35.0 Å². The summed E-state index contributed by atoms with van der Waals surface area (Å²) in [5.74, 6) is 0.0961. The topological polar surface area (TPSA) is 321 Å². The van der Waals surface area contributed by atoms with E-state index in [0.717, 1.165) is 45.6 Å². The van der Waals surface area contributed by atoms with E-state index in [4.69, 9.17) is 60.0 Å². The SMILES string of the molecule is C.C.CCOC(=O)C(=CNc1cccc(OC)c1)C(=O)OCC.CCOC(=O)c1c[nH]c2cc(OC)ccc2c1=O.CCOC=C(C(=O)OCC)C(=O)OCC.COc1ccc2c(=O)cc[nH]c2c1.COc1ccc2c(Cl)ccnc2c1.COc1cccc(N)c1.F.O=P(Cl)(Cl)Cl.[2HH].[B]. The average molecular weight is 1470 g/mol. The van der Waals surface area contributed by atoms with E-state index in [1.165, 1.54) is 18.5 Å². The summed E-state index contributed by atoms with van der Waals surface area (Å²) in [7, 11) is 7.95. The summed E-state index contributed by atoms with van der Waals surface area (Å²) < 4.78 is 63.4. The van der Waals surface area contributed by atoms with Gasteiger partial charge in [-0.25, -0.2) is 24.0 Å². The zero-order valence-corrected chi connectivity index (χ0v) is 58.2. The van der Waals surface area contributed by atoms with Crippen LogP contribution in [0.15, 0.2) is 167 Å². The highest BCUT2D eigenvalue weighted by molar-refractivity contribution is 8.24. The van der Waals surface area contributed by atoms with Crippen molar-refractivity contribution in [1.82, 2.24) is 15.0 Å². The first-order valence-corrected chi connectivity index (χ1v) is 33.0. The van der Waals surface area contributed by atoms with Gasteiger partial charge in [-0.1, -0.05) is 38.6 Å². The van der Waals surface area contributed by atoms with Crippen molar-refractivity contribution in [2.75, 3.05) is 86.2 Å². The van der Waals surface area contributed by atoms with Crippen molar-refractivity contribution in [2.24, 2.45) is 0 Å². The third-order valence-electron chi connectivity index (χ3n) is 11.3. The number of aromatic nitrogens is 3. The lowest BCUT2D eigenvalue weighted by Crippen LogP contribution is -2.19. The highest BCUT2D eigenvalue weighted by Gasteiger charge is 2.22. The van der Waals surface area contributed by atoms with Gasteiger partial charge >= 0.3 is 35.0 Å². The predicted molar refractivity (Wildman–Crippen MR) is 389 cm³/mol. The number of hydrogen-bond donors (Lipinski definition) is 4. The lowest BCUT2D eigenvalue weighted by molar-refractivity contribution is -0.148. The Balaban J connectivity index is -0.000000541. The lowest BCUT2D eigenvalue weighted by Gasteiger charge is -2.08. The number of halogens is 5. The van der Waals surface area contributed by atoms with Crippen LogP contribution in [-0.4, -0.2) is 128 Å². The van der Waals surface area contributed by atoms with E-state index in [9.17, 15) is 38.1 Å². The van der Waals surface area contributed by atoms with Crippen LogP contribution in [-0.2, 0) is 52.2 Å². The zero-order valence-electron chi connectivity index (χ0n) is 54.3. The standard InChI is InChI=1S/C15H19NO5.C13H13NO4.C10H8ClNO.C10H9NO2.C10H16O5.C7H9NO.2CH4.B.Cl3OP.FH.H2/c1-4-20-14(17)13(15(18)21-5-2)10-16-11-7-6-8-12(9-11)19-3;1-3-18-13(16)10-7-14-11-6-8(17-2)4-5-9(11)12(10)15;1-13-7-2-3-8-9(11)4-5-12-10(8)6-7;1-13-7-2-3-8-9(6-7)11-5-4-10(8)12;1-4-13-7-8(9(11)14-5-2)10(12)15-6-3;1-9-7-4-2-3-6(8)5-7;;;;1-5(2,3)4;;/h6-10,16H,4-5H2,1-3H3;4-7H,3H2,1-2H3,(H,14,15);2-6H,1H3;2-6H,1H3,(H,11,12);7H,4-6H2,1-3H3;2-5H,8H2,1H3;2*1H4;;;2*1H/i;;;;;;;;;;;1+1. The Hall–Kier alpha value is -9.46. The molecule has 0 amide bonds. The minimum atomic E-state index is -3.22. The summed E-state index contributed by atoms with van der Waals surface area (Å²) in [4.78, 5) is 91.1. The first kappa shape index (κ1) is 92.7. The molecule has 3 radical (unpaired) electrons. The number of fused-ring (bicyclic) bond motifs is 3. The largest absolute Gasteiger partial charge is 0.500 e. The summed E-state index contributed by atoms with van der Waals surface area (Å²) in [6, 6.07) is 33.6. The van der Waals surface area contributed by atoms with Crippen molar-refractivity contribution < 1.29 is 86.8 Å². The van der Waals surface area contributed by atoms with Crippen molar-refractivity contribution in [2.45, 2.75) is 56.4 Å². The fraction of sp³-hybridized carbons (Fsp3) is 0.284. The maximum Gasteiger partial charge on any atom is 0.348 e. The number of anilines is 2. The summed E-state index contributed by atoms with van der Waals surface area (Å²) in [5.41, 5.74) is 8.40. The molecule has 0 aliphatic rings. The molecule has 31 heteroatoms. The van der Waals surface area contributed by atoms with Crippen LogP contribution < -0.4 is 45.6 Å². The van der Waals surface area contributed by atoms with Crippen molar-refractivity contribution in [3.8, 4) is 28.7 Å². The van der Waals surface area contributed by atoms with Gasteiger partial charge in [-0.2, -0.15) is 0 Å². The molecule has 0 saturated carbocycles.